The highest BCUT2D eigenvalue weighted by atomic mass is 16.5. The second-order valence-electron chi connectivity index (χ2n) is 5.07. The first-order valence-electron chi connectivity index (χ1n) is 6.53. The van der Waals surface area contributed by atoms with Gasteiger partial charge in [-0.1, -0.05) is 38.1 Å². The van der Waals surface area contributed by atoms with Gasteiger partial charge in [0.2, 0.25) is 0 Å². The Morgan fingerprint density at radius 1 is 1.15 bits per heavy atom. The van der Waals surface area contributed by atoms with Crippen LogP contribution in [-0.4, -0.2) is 42.3 Å². The molecular weight excluding hydrogens is 258 g/mol. The number of ketones is 1. The van der Waals surface area contributed by atoms with Crippen molar-refractivity contribution in [2.45, 2.75) is 19.8 Å². The highest BCUT2D eigenvalue weighted by molar-refractivity contribution is 6.05. The number of nitrogens with zero attached hydrogens (tertiary/aromatic N) is 1. The summed E-state index contributed by atoms with van der Waals surface area (Å²) in [6.45, 7) is 3.63. The average Bonchev–Trinajstić information content (AvgIpc) is 2.43. The molecule has 1 fully saturated rings. The number of amides is 2. The summed E-state index contributed by atoms with van der Waals surface area (Å²) in [5, 5.41) is 0. The molecular formula is C15H17NO4. The second-order valence-corrected chi connectivity index (χ2v) is 5.07. The zero-order valence-electron chi connectivity index (χ0n) is 11.6. The van der Waals surface area contributed by atoms with Gasteiger partial charge in [-0.3, -0.25) is 19.3 Å². The van der Waals surface area contributed by atoms with E-state index in [1.165, 1.54) is 0 Å². The first-order valence-corrected chi connectivity index (χ1v) is 6.53. The lowest BCUT2D eigenvalue weighted by molar-refractivity contribution is -0.157. The number of carbonyl (C=O) groups is 3. The predicted molar refractivity (Wildman–Crippen MR) is 72.4 cm³/mol. The zero-order valence-corrected chi connectivity index (χ0v) is 11.6. The van der Waals surface area contributed by atoms with Crippen LogP contribution in [0, 0.1) is 0 Å². The Morgan fingerprint density at radius 2 is 1.70 bits per heavy atom. The highest BCUT2D eigenvalue weighted by Gasteiger charge is 2.28. The van der Waals surface area contributed by atoms with Crippen molar-refractivity contribution < 1.29 is 19.1 Å². The predicted octanol–water partition coefficient (Wildman–Crippen LogP) is 1.38. The van der Waals surface area contributed by atoms with Crippen molar-refractivity contribution in [2.24, 2.45) is 0 Å². The topological polar surface area (TPSA) is 63.7 Å². The summed E-state index contributed by atoms with van der Waals surface area (Å²) < 4.78 is 4.80. The number of imide groups is 1. The molecule has 1 aliphatic heterocycles. The highest BCUT2D eigenvalue weighted by Crippen LogP contribution is 2.15. The van der Waals surface area contributed by atoms with Gasteiger partial charge in [-0.05, 0) is 11.5 Å². The van der Waals surface area contributed by atoms with Gasteiger partial charge in [0.1, 0.15) is 13.2 Å². The van der Waals surface area contributed by atoms with Crippen molar-refractivity contribution >= 4 is 17.6 Å². The Labute approximate surface area is 117 Å². The first kappa shape index (κ1) is 14.4. The van der Waals surface area contributed by atoms with Crippen LogP contribution in [0.4, 0.5) is 0 Å². The fourth-order valence-electron chi connectivity index (χ4n) is 1.99. The number of benzene rings is 1. The monoisotopic (exact) mass is 275 g/mol. The maximum Gasteiger partial charge on any atom is 0.255 e. The number of Topliss-reactive ketones (excluding diaryl/α,β-unsaturated/α-hetero) is 1. The van der Waals surface area contributed by atoms with Crippen LogP contribution in [0.2, 0.25) is 0 Å². The summed E-state index contributed by atoms with van der Waals surface area (Å²) in [6.07, 6.45) is 0. The zero-order chi connectivity index (χ0) is 14.7. The summed E-state index contributed by atoms with van der Waals surface area (Å²) in [5.74, 6) is -0.785. The normalized spacial score (nSPS) is 15.8. The van der Waals surface area contributed by atoms with Gasteiger partial charge in [-0.2, -0.15) is 0 Å². The van der Waals surface area contributed by atoms with Gasteiger partial charge in [-0.15, -0.1) is 0 Å². The van der Waals surface area contributed by atoms with Crippen molar-refractivity contribution in [1.29, 1.82) is 0 Å². The van der Waals surface area contributed by atoms with E-state index in [4.69, 9.17) is 4.74 Å². The van der Waals surface area contributed by atoms with Gasteiger partial charge >= 0.3 is 0 Å². The first-order chi connectivity index (χ1) is 9.49. The van der Waals surface area contributed by atoms with Crippen LogP contribution in [-0.2, 0) is 14.3 Å². The molecule has 1 aromatic carbocycles. The molecule has 0 bridgehead atoms. The molecule has 5 heteroatoms. The van der Waals surface area contributed by atoms with Crippen LogP contribution >= 0.6 is 0 Å². The average molecular weight is 275 g/mol. The maximum atomic E-state index is 12.1. The smallest absolute Gasteiger partial charge is 0.255 e. The molecule has 0 unspecified atom stereocenters. The van der Waals surface area contributed by atoms with E-state index < -0.39 is 11.8 Å². The fraction of sp³-hybridized carbons (Fsp3) is 0.400. The summed E-state index contributed by atoms with van der Waals surface area (Å²) in [6, 6.07) is 7.24. The van der Waals surface area contributed by atoms with Gasteiger partial charge in [0, 0.05) is 5.56 Å². The molecule has 1 aliphatic rings. The van der Waals surface area contributed by atoms with E-state index in [9.17, 15) is 14.4 Å². The maximum absolute atomic E-state index is 12.1. The van der Waals surface area contributed by atoms with Gasteiger partial charge in [0.05, 0.1) is 6.54 Å². The number of carbonyl (C=O) groups excluding carboxylic acids is 3. The van der Waals surface area contributed by atoms with E-state index in [1.807, 2.05) is 12.1 Å². The van der Waals surface area contributed by atoms with Gasteiger partial charge < -0.3 is 4.74 Å². The number of hydrogen-bond acceptors (Lipinski definition) is 4. The van der Waals surface area contributed by atoms with E-state index >= 15 is 0 Å². The number of morpholine rings is 1. The van der Waals surface area contributed by atoms with Crippen LogP contribution in [0.3, 0.4) is 0 Å². The minimum atomic E-state index is -0.464. The van der Waals surface area contributed by atoms with Crippen molar-refractivity contribution in [2.75, 3.05) is 19.8 Å². The van der Waals surface area contributed by atoms with Crippen LogP contribution in [0.1, 0.15) is 35.7 Å². The largest absolute Gasteiger partial charge is 0.362 e. The molecule has 0 spiro atoms. The number of hydrogen-bond donors (Lipinski definition) is 0. The Morgan fingerprint density at radius 3 is 2.20 bits per heavy atom. The summed E-state index contributed by atoms with van der Waals surface area (Å²) >= 11 is 0. The van der Waals surface area contributed by atoms with Gasteiger partial charge in [0.25, 0.3) is 11.8 Å². The van der Waals surface area contributed by atoms with Crippen molar-refractivity contribution in [3.63, 3.8) is 0 Å². The molecule has 0 radical (unpaired) electrons. The van der Waals surface area contributed by atoms with Crippen molar-refractivity contribution in [1.82, 2.24) is 4.90 Å². The lowest BCUT2D eigenvalue weighted by Gasteiger charge is -2.24. The molecule has 2 amide bonds. The van der Waals surface area contributed by atoms with Crippen LogP contribution < -0.4 is 0 Å². The lowest BCUT2D eigenvalue weighted by Crippen LogP contribution is -2.48. The molecule has 1 saturated heterocycles. The summed E-state index contributed by atoms with van der Waals surface area (Å²) in [5.41, 5.74) is 1.64. The molecule has 2 rings (SSSR count). The summed E-state index contributed by atoms with van der Waals surface area (Å²) in [7, 11) is 0. The molecule has 106 valence electrons. The van der Waals surface area contributed by atoms with E-state index in [1.54, 1.807) is 12.1 Å². The summed E-state index contributed by atoms with van der Waals surface area (Å²) in [4.78, 5) is 36.1. The molecule has 5 nitrogen and oxygen atoms in total. The third-order valence-corrected chi connectivity index (χ3v) is 3.25. The molecule has 1 heterocycles. The lowest BCUT2D eigenvalue weighted by atomic mass is 10.0. The minimum Gasteiger partial charge on any atom is -0.362 e. The van der Waals surface area contributed by atoms with Crippen LogP contribution in [0.25, 0.3) is 0 Å². The molecule has 0 saturated carbocycles. The minimum absolute atomic E-state index is 0.148. The molecule has 0 N–H and O–H groups in total. The molecule has 20 heavy (non-hydrogen) atoms. The SMILES string of the molecule is CC(C)c1ccc(C(=O)CN2C(=O)COCC2=O)cc1. The molecule has 0 atom stereocenters. The van der Waals surface area contributed by atoms with E-state index in [0.29, 0.717) is 11.5 Å². The van der Waals surface area contributed by atoms with Crippen molar-refractivity contribution in [3.05, 3.63) is 35.4 Å². The Kier molecular flexibility index (Phi) is 4.29. The fourth-order valence-corrected chi connectivity index (χ4v) is 1.99. The van der Waals surface area contributed by atoms with E-state index in [0.717, 1.165) is 10.5 Å². The Balaban J connectivity index is 2.07. The second kappa shape index (κ2) is 5.96. The number of rotatable bonds is 4. The van der Waals surface area contributed by atoms with E-state index in [-0.39, 0.29) is 25.5 Å². The Bertz CT molecular complexity index is 517. The molecule has 0 aromatic heterocycles. The molecule has 0 aliphatic carbocycles. The molecule has 1 aromatic rings. The standard InChI is InChI=1S/C15H17NO4/c1-10(2)11-3-5-12(6-4-11)13(17)7-16-14(18)8-20-9-15(16)19/h3-6,10H,7-9H2,1-2H3. The van der Waals surface area contributed by atoms with Crippen molar-refractivity contribution in [3.8, 4) is 0 Å². The van der Waals surface area contributed by atoms with E-state index in [2.05, 4.69) is 13.8 Å². The third kappa shape index (κ3) is 3.11. The van der Waals surface area contributed by atoms with Crippen LogP contribution in [0.5, 0.6) is 0 Å². The van der Waals surface area contributed by atoms with Gasteiger partial charge in [0.15, 0.2) is 5.78 Å². The third-order valence-electron chi connectivity index (χ3n) is 3.25. The Hall–Kier alpha value is -2.01. The quantitative estimate of drug-likeness (QED) is 0.615. The van der Waals surface area contributed by atoms with Crippen LogP contribution in [0.15, 0.2) is 24.3 Å². The van der Waals surface area contributed by atoms with Gasteiger partial charge in [-0.25, -0.2) is 0 Å². The number of ether oxygens (including phenoxy) is 1.